The predicted octanol–water partition coefficient (Wildman–Crippen LogP) is 3.46. The summed E-state index contributed by atoms with van der Waals surface area (Å²) in [5.41, 5.74) is 5.14. The second kappa shape index (κ2) is 12.5. The SMILES string of the molecule is CC.CNC(CC1CCCCC1)NS[IH]C(N)=O. The molecular weight excluding hydrogens is 361 g/mol. The van der Waals surface area contributed by atoms with E-state index in [0.717, 1.165) is 12.3 Å². The Labute approximate surface area is 124 Å². The van der Waals surface area contributed by atoms with E-state index in [-0.39, 0.29) is 3.91 Å². The van der Waals surface area contributed by atoms with Gasteiger partial charge in [0, 0.05) is 0 Å². The number of rotatable bonds is 7. The van der Waals surface area contributed by atoms with Gasteiger partial charge in [-0.15, -0.1) is 0 Å². The Bertz CT molecular complexity index is 213. The molecule has 4 N–H and O–H groups in total. The van der Waals surface area contributed by atoms with Crippen molar-refractivity contribution in [3.63, 3.8) is 0 Å². The molecule has 1 aliphatic rings. The summed E-state index contributed by atoms with van der Waals surface area (Å²) in [7, 11) is 3.49. The third-order valence-corrected chi connectivity index (χ3v) is 6.53. The molecule has 1 aliphatic carbocycles. The summed E-state index contributed by atoms with van der Waals surface area (Å²) in [6.07, 6.45) is 8.35. The molecule has 1 saturated carbocycles. The Morgan fingerprint density at radius 2 is 2.00 bits per heavy atom. The van der Waals surface area contributed by atoms with Gasteiger partial charge in [-0.25, -0.2) is 0 Å². The van der Waals surface area contributed by atoms with E-state index < -0.39 is 19.8 Å². The maximum absolute atomic E-state index is 10.7. The first-order valence-electron chi connectivity index (χ1n) is 6.78. The molecular formula is C12H28IN3OS. The number of carbonyl (C=O) groups excluding carboxylic acids is 1. The molecule has 6 heteroatoms. The minimum absolute atomic E-state index is 0.143. The minimum atomic E-state index is -0.764. The van der Waals surface area contributed by atoms with E-state index in [0.29, 0.717) is 6.17 Å². The number of nitrogens with two attached hydrogens (primary N) is 1. The van der Waals surface area contributed by atoms with E-state index in [4.69, 9.17) is 5.73 Å². The van der Waals surface area contributed by atoms with Crippen LogP contribution in [0.3, 0.4) is 0 Å². The predicted molar refractivity (Wildman–Crippen MR) is 91.1 cm³/mol. The van der Waals surface area contributed by atoms with Crippen molar-refractivity contribution in [2.24, 2.45) is 11.7 Å². The molecule has 110 valence electrons. The van der Waals surface area contributed by atoms with E-state index in [1.54, 1.807) is 0 Å². The summed E-state index contributed by atoms with van der Waals surface area (Å²) in [4.78, 5) is 10.7. The van der Waals surface area contributed by atoms with Crippen LogP contribution in [0.25, 0.3) is 0 Å². The second-order valence-corrected chi connectivity index (χ2v) is 8.76. The number of hydrogen-bond donors (Lipinski definition) is 3. The fraction of sp³-hybridized carbons (Fsp3) is 0.917. The third-order valence-electron chi connectivity index (χ3n) is 2.96. The average molecular weight is 389 g/mol. The molecule has 0 bridgehead atoms. The molecule has 0 spiro atoms. The van der Waals surface area contributed by atoms with E-state index in [1.807, 2.05) is 20.9 Å². The summed E-state index contributed by atoms with van der Waals surface area (Å²) < 4.78 is 3.17. The van der Waals surface area contributed by atoms with Gasteiger partial charge in [-0.2, -0.15) is 0 Å². The zero-order valence-electron chi connectivity index (χ0n) is 11.7. The number of carbonyl (C=O) groups is 1. The molecule has 1 rings (SSSR count). The van der Waals surface area contributed by atoms with Crippen LogP contribution in [-0.2, 0) is 0 Å². The average Bonchev–Trinajstić information content (AvgIpc) is 2.40. The van der Waals surface area contributed by atoms with Crippen molar-refractivity contribution < 1.29 is 4.79 Å². The Hall–Kier alpha value is 0.470. The van der Waals surface area contributed by atoms with Gasteiger partial charge in [0.25, 0.3) is 0 Å². The number of hydrogen-bond acceptors (Lipinski definition) is 4. The van der Waals surface area contributed by atoms with Gasteiger partial charge in [0.05, 0.1) is 0 Å². The Kier molecular flexibility index (Phi) is 12.8. The molecule has 0 aliphatic heterocycles. The van der Waals surface area contributed by atoms with Crippen LogP contribution in [0.1, 0.15) is 52.4 Å². The van der Waals surface area contributed by atoms with Gasteiger partial charge in [-0.05, 0) is 0 Å². The van der Waals surface area contributed by atoms with Crippen LogP contribution in [0.5, 0.6) is 0 Å². The summed E-state index contributed by atoms with van der Waals surface area (Å²) in [6, 6.07) is 0. The van der Waals surface area contributed by atoms with Gasteiger partial charge in [0.15, 0.2) is 0 Å². The molecule has 1 fully saturated rings. The van der Waals surface area contributed by atoms with Gasteiger partial charge in [-0.1, -0.05) is 13.8 Å². The number of amides is 1. The van der Waals surface area contributed by atoms with Crippen LogP contribution >= 0.6 is 28.9 Å². The number of primary amides is 1. The van der Waals surface area contributed by atoms with Crippen molar-refractivity contribution in [2.45, 2.75) is 58.5 Å². The normalized spacial score (nSPS) is 17.9. The second-order valence-electron chi connectivity index (χ2n) is 4.18. The van der Waals surface area contributed by atoms with Crippen LogP contribution in [0.2, 0.25) is 0 Å². The van der Waals surface area contributed by atoms with E-state index in [1.165, 1.54) is 41.2 Å². The van der Waals surface area contributed by atoms with Crippen molar-refractivity contribution in [1.82, 2.24) is 10.0 Å². The summed E-state index contributed by atoms with van der Waals surface area (Å²) >= 11 is -0.764. The molecule has 1 unspecified atom stereocenters. The third kappa shape index (κ3) is 9.41. The number of halogens is 1. The van der Waals surface area contributed by atoms with E-state index in [2.05, 4.69) is 10.0 Å². The maximum atomic E-state index is 10.7. The topological polar surface area (TPSA) is 67.2 Å². The molecule has 0 heterocycles. The van der Waals surface area contributed by atoms with Gasteiger partial charge in [0.2, 0.25) is 0 Å². The first-order chi connectivity index (χ1) is 8.72. The Balaban J connectivity index is 0.00000137. The molecule has 4 nitrogen and oxygen atoms in total. The molecule has 18 heavy (non-hydrogen) atoms. The zero-order chi connectivity index (χ0) is 13.8. The standard InChI is InChI=1S/C10H22IN3OS.C2H6/c1-13-9(14-16-11-10(12)15)7-8-5-3-2-4-6-8;1-2/h8-9,11,13-14H,2-7H2,1H3,(H2,12,15);1-2H3. The fourth-order valence-electron chi connectivity index (χ4n) is 2.10. The van der Waals surface area contributed by atoms with Crippen LogP contribution in [-0.4, -0.2) is 17.1 Å². The first kappa shape index (κ1) is 18.5. The van der Waals surface area contributed by atoms with Crippen molar-refractivity contribution in [2.75, 3.05) is 7.05 Å². The van der Waals surface area contributed by atoms with E-state index >= 15 is 0 Å². The van der Waals surface area contributed by atoms with Gasteiger partial charge >= 0.3 is 111 Å². The van der Waals surface area contributed by atoms with Gasteiger partial charge < -0.3 is 0 Å². The van der Waals surface area contributed by atoms with Crippen LogP contribution in [0, 0.1) is 5.92 Å². The number of nitrogens with one attached hydrogen (secondary N) is 2. The van der Waals surface area contributed by atoms with Crippen LogP contribution in [0.15, 0.2) is 0 Å². The van der Waals surface area contributed by atoms with Crippen molar-refractivity contribution >= 4 is 32.9 Å². The molecule has 1 amide bonds. The molecule has 0 radical (unpaired) electrons. The Morgan fingerprint density at radius 1 is 1.39 bits per heavy atom. The van der Waals surface area contributed by atoms with Crippen molar-refractivity contribution in [3.05, 3.63) is 0 Å². The van der Waals surface area contributed by atoms with E-state index in [9.17, 15) is 4.79 Å². The fourth-order valence-corrected chi connectivity index (χ4v) is 4.67. The Morgan fingerprint density at radius 3 is 2.50 bits per heavy atom. The zero-order valence-corrected chi connectivity index (χ0v) is 14.8. The van der Waals surface area contributed by atoms with Crippen molar-refractivity contribution in [3.8, 4) is 0 Å². The summed E-state index contributed by atoms with van der Waals surface area (Å²) in [6.45, 7) is 4.00. The first-order valence-corrected chi connectivity index (χ1v) is 11.5. The molecule has 0 saturated heterocycles. The summed E-state index contributed by atoms with van der Waals surface area (Å²) in [5, 5.41) is 3.26. The monoisotopic (exact) mass is 389 g/mol. The molecule has 0 aromatic carbocycles. The quantitative estimate of drug-likeness (QED) is 0.205. The summed E-state index contributed by atoms with van der Waals surface area (Å²) in [5.74, 6) is 0.841. The van der Waals surface area contributed by atoms with Crippen molar-refractivity contribution in [1.29, 1.82) is 0 Å². The van der Waals surface area contributed by atoms with Gasteiger partial charge in [-0.3, -0.25) is 0 Å². The van der Waals surface area contributed by atoms with Crippen LogP contribution in [0.4, 0.5) is 4.79 Å². The molecule has 1 atom stereocenters. The van der Waals surface area contributed by atoms with Crippen LogP contribution < -0.4 is 15.8 Å². The molecule has 0 aromatic rings. The van der Waals surface area contributed by atoms with Gasteiger partial charge in [0.1, 0.15) is 0 Å². The molecule has 0 aromatic heterocycles.